The number of anilines is 1. The van der Waals surface area contributed by atoms with Gasteiger partial charge in [-0.1, -0.05) is 54.6 Å². The number of carbonyl (C=O) groups excluding carboxylic acids is 3. The van der Waals surface area contributed by atoms with Crippen LogP contribution in [0.25, 0.3) is 10.8 Å². The molecule has 0 aliphatic heterocycles. The minimum Gasteiger partial charge on any atom is -0.447 e. The van der Waals surface area contributed by atoms with Crippen molar-refractivity contribution in [2.75, 3.05) is 25.5 Å². The molecule has 196 valence electrons. The maximum atomic E-state index is 12.6. The fraction of sp³-hybridized carbons (Fsp3) is 0.333. The van der Waals surface area contributed by atoms with Gasteiger partial charge in [-0.25, -0.2) is 19.4 Å². The van der Waals surface area contributed by atoms with E-state index in [-0.39, 0.29) is 19.8 Å². The second-order valence-corrected chi connectivity index (χ2v) is 9.33. The van der Waals surface area contributed by atoms with Crippen LogP contribution in [0.3, 0.4) is 0 Å². The van der Waals surface area contributed by atoms with Gasteiger partial charge in [0.2, 0.25) is 0 Å². The number of amides is 3. The highest BCUT2D eigenvalue weighted by Gasteiger charge is 2.27. The Bertz CT molecular complexity index is 1210. The largest absolute Gasteiger partial charge is 0.447 e. The summed E-state index contributed by atoms with van der Waals surface area (Å²) in [5.41, 5.74) is 0.111. The van der Waals surface area contributed by atoms with Crippen molar-refractivity contribution in [3.05, 3.63) is 72.4 Å². The molecule has 1 aromatic heterocycles. The number of rotatable bonds is 8. The van der Waals surface area contributed by atoms with Crippen LogP contribution in [0.4, 0.5) is 20.2 Å². The molecular formula is C27H32N4O6. The van der Waals surface area contributed by atoms with Gasteiger partial charge < -0.3 is 24.4 Å². The molecule has 0 bridgehead atoms. The highest BCUT2D eigenvalue weighted by atomic mass is 16.6. The molecule has 0 aliphatic rings. The highest BCUT2D eigenvalue weighted by Crippen LogP contribution is 2.16. The summed E-state index contributed by atoms with van der Waals surface area (Å²) < 4.78 is 16.0. The number of fused-ring (bicyclic) bond motifs is 1. The number of nitrogens with one attached hydrogen (secondary N) is 2. The fourth-order valence-corrected chi connectivity index (χ4v) is 3.23. The van der Waals surface area contributed by atoms with Crippen molar-refractivity contribution in [3.8, 4) is 0 Å². The monoisotopic (exact) mass is 508 g/mol. The minimum atomic E-state index is -0.753. The summed E-state index contributed by atoms with van der Waals surface area (Å²) in [5.74, 6) is 0.323. The van der Waals surface area contributed by atoms with Gasteiger partial charge in [0.1, 0.15) is 24.6 Å². The molecule has 0 saturated carbocycles. The van der Waals surface area contributed by atoms with Crippen LogP contribution in [0, 0.1) is 0 Å². The van der Waals surface area contributed by atoms with E-state index in [9.17, 15) is 14.4 Å². The summed E-state index contributed by atoms with van der Waals surface area (Å²) in [4.78, 5) is 42.8. The van der Waals surface area contributed by atoms with E-state index >= 15 is 0 Å². The van der Waals surface area contributed by atoms with Crippen molar-refractivity contribution in [3.63, 3.8) is 0 Å². The molecule has 2 N–H and O–H groups in total. The van der Waals surface area contributed by atoms with Gasteiger partial charge in [-0.15, -0.1) is 0 Å². The molecule has 2 aromatic carbocycles. The van der Waals surface area contributed by atoms with Crippen LogP contribution in [0.1, 0.15) is 26.3 Å². The third-order valence-electron chi connectivity index (χ3n) is 5.19. The van der Waals surface area contributed by atoms with E-state index in [1.807, 2.05) is 54.6 Å². The zero-order valence-electron chi connectivity index (χ0n) is 21.4. The summed E-state index contributed by atoms with van der Waals surface area (Å²) >= 11 is 0. The average Bonchev–Trinajstić information content (AvgIpc) is 2.86. The van der Waals surface area contributed by atoms with Crippen LogP contribution in [0.2, 0.25) is 0 Å². The molecule has 0 fully saturated rings. The third kappa shape index (κ3) is 8.99. The molecule has 0 spiro atoms. The average molecular weight is 509 g/mol. The minimum absolute atomic E-state index is 0.0368. The van der Waals surface area contributed by atoms with E-state index < -0.39 is 29.9 Å². The van der Waals surface area contributed by atoms with Gasteiger partial charge in [0.15, 0.2) is 0 Å². The second-order valence-electron chi connectivity index (χ2n) is 9.33. The smallest absolute Gasteiger partial charge is 0.412 e. The summed E-state index contributed by atoms with van der Waals surface area (Å²) in [6.45, 7) is 5.07. The van der Waals surface area contributed by atoms with Crippen LogP contribution < -0.4 is 10.6 Å². The second kappa shape index (κ2) is 12.6. The predicted molar refractivity (Wildman–Crippen MR) is 139 cm³/mol. The molecule has 10 nitrogen and oxygen atoms in total. The Labute approximate surface area is 215 Å². The Hall–Kier alpha value is -4.34. The maximum absolute atomic E-state index is 12.6. The molecule has 1 atom stereocenters. The van der Waals surface area contributed by atoms with Gasteiger partial charge >= 0.3 is 18.3 Å². The Kier molecular flexibility index (Phi) is 9.26. The van der Waals surface area contributed by atoms with Crippen molar-refractivity contribution in [2.24, 2.45) is 0 Å². The van der Waals surface area contributed by atoms with Gasteiger partial charge in [0.05, 0.1) is 6.04 Å². The van der Waals surface area contributed by atoms with Crippen molar-refractivity contribution < 1.29 is 28.6 Å². The first-order valence-electron chi connectivity index (χ1n) is 11.8. The molecule has 0 aliphatic carbocycles. The van der Waals surface area contributed by atoms with Gasteiger partial charge in [0.25, 0.3) is 0 Å². The zero-order valence-corrected chi connectivity index (χ0v) is 21.4. The standard InChI is InChI=1S/C27H32N4O6/c1-27(2,3)37-26(34)31(4)22(16-29-24(32)35-17-19-10-6-5-7-11-19)18-36-25(33)30-23-14-20-12-8-9-13-21(20)15-28-23/h5-15,22H,16-18H2,1-4H3,(H,29,32)(H,28,30,33). The molecule has 1 heterocycles. The van der Waals surface area contributed by atoms with Crippen molar-refractivity contribution in [1.82, 2.24) is 15.2 Å². The predicted octanol–water partition coefficient (Wildman–Crippen LogP) is 4.95. The number of likely N-dealkylation sites (N-methyl/N-ethyl adjacent to an activating group) is 1. The number of benzene rings is 2. The Morgan fingerprint density at radius 3 is 2.32 bits per heavy atom. The van der Waals surface area contributed by atoms with E-state index in [2.05, 4.69) is 15.6 Å². The normalized spacial score (nSPS) is 11.8. The number of pyridine rings is 1. The number of nitrogens with zero attached hydrogens (tertiary/aromatic N) is 2. The van der Waals surface area contributed by atoms with Crippen LogP contribution in [0.5, 0.6) is 0 Å². The summed E-state index contributed by atoms with van der Waals surface area (Å²) in [7, 11) is 1.50. The molecule has 3 aromatic rings. The van der Waals surface area contributed by atoms with E-state index in [0.717, 1.165) is 16.3 Å². The summed E-state index contributed by atoms with van der Waals surface area (Å²) in [6.07, 6.45) is -0.403. The van der Waals surface area contributed by atoms with E-state index in [1.54, 1.807) is 33.0 Å². The number of aromatic nitrogens is 1. The van der Waals surface area contributed by atoms with E-state index in [1.165, 1.54) is 11.9 Å². The number of carbonyl (C=O) groups is 3. The third-order valence-corrected chi connectivity index (χ3v) is 5.19. The lowest BCUT2D eigenvalue weighted by molar-refractivity contribution is 0.0148. The zero-order chi connectivity index (χ0) is 26.8. The fourth-order valence-electron chi connectivity index (χ4n) is 3.23. The van der Waals surface area contributed by atoms with Crippen LogP contribution in [0.15, 0.2) is 66.9 Å². The lowest BCUT2D eigenvalue weighted by Gasteiger charge is -2.30. The van der Waals surface area contributed by atoms with Crippen molar-refractivity contribution in [2.45, 2.75) is 39.0 Å². The molecule has 37 heavy (non-hydrogen) atoms. The number of ether oxygens (including phenoxy) is 3. The molecule has 3 amide bonds. The van der Waals surface area contributed by atoms with E-state index in [4.69, 9.17) is 14.2 Å². The maximum Gasteiger partial charge on any atom is 0.412 e. The molecule has 0 saturated heterocycles. The van der Waals surface area contributed by atoms with Crippen LogP contribution in [-0.4, -0.2) is 60.0 Å². The van der Waals surface area contributed by atoms with Crippen LogP contribution >= 0.6 is 0 Å². The van der Waals surface area contributed by atoms with Gasteiger partial charge in [-0.05, 0) is 37.8 Å². The Morgan fingerprint density at radius 2 is 1.62 bits per heavy atom. The lowest BCUT2D eigenvalue weighted by atomic mass is 10.2. The quantitative estimate of drug-likeness (QED) is 0.414. The lowest BCUT2D eigenvalue weighted by Crippen LogP contribution is -2.49. The van der Waals surface area contributed by atoms with Crippen molar-refractivity contribution in [1.29, 1.82) is 0 Å². The summed E-state index contributed by atoms with van der Waals surface area (Å²) in [5, 5.41) is 7.04. The summed E-state index contributed by atoms with van der Waals surface area (Å²) in [6, 6.07) is 17.8. The number of hydrogen-bond acceptors (Lipinski definition) is 7. The van der Waals surface area contributed by atoms with Crippen LogP contribution in [-0.2, 0) is 20.8 Å². The molecule has 3 rings (SSSR count). The number of alkyl carbamates (subject to hydrolysis) is 1. The first-order valence-corrected chi connectivity index (χ1v) is 11.8. The first-order chi connectivity index (χ1) is 17.6. The molecule has 10 heteroatoms. The van der Waals surface area contributed by atoms with Gasteiger partial charge in [-0.3, -0.25) is 5.32 Å². The highest BCUT2D eigenvalue weighted by molar-refractivity contribution is 5.89. The molecular weight excluding hydrogens is 476 g/mol. The Morgan fingerprint density at radius 1 is 0.946 bits per heavy atom. The topological polar surface area (TPSA) is 119 Å². The molecule has 0 radical (unpaired) electrons. The molecule has 1 unspecified atom stereocenters. The number of hydrogen-bond donors (Lipinski definition) is 2. The Balaban J connectivity index is 1.58. The van der Waals surface area contributed by atoms with Gasteiger partial charge in [0, 0.05) is 25.2 Å². The SMILES string of the molecule is CN(C(=O)OC(C)(C)C)C(CNC(=O)OCc1ccccc1)COC(=O)Nc1cc2ccccc2cn1. The van der Waals surface area contributed by atoms with E-state index in [0.29, 0.717) is 5.82 Å². The van der Waals surface area contributed by atoms with Gasteiger partial charge in [-0.2, -0.15) is 0 Å². The van der Waals surface area contributed by atoms with Crippen molar-refractivity contribution >= 4 is 34.9 Å². The first kappa shape index (κ1) is 27.3.